The van der Waals surface area contributed by atoms with Gasteiger partial charge in [0.25, 0.3) is 11.8 Å². The molecule has 0 spiro atoms. The number of sulfone groups is 1. The summed E-state index contributed by atoms with van der Waals surface area (Å²) in [6.45, 7) is 0. The van der Waals surface area contributed by atoms with Gasteiger partial charge in [-0.2, -0.15) is 10.4 Å². The summed E-state index contributed by atoms with van der Waals surface area (Å²) in [5.41, 5.74) is 3.28. The average molecular weight is 591 g/mol. The largest absolute Gasteiger partial charge is 0.497 e. The van der Waals surface area contributed by atoms with E-state index in [0.29, 0.717) is 22.6 Å². The van der Waals surface area contributed by atoms with Gasteiger partial charge in [-0.1, -0.05) is 48.5 Å². The number of carbonyl (C=O) groups excluding carboxylic acids is 2. The van der Waals surface area contributed by atoms with Crippen LogP contribution in [0.5, 0.6) is 5.75 Å². The van der Waals surface area contributed by atoms with Crippen LogP contribution in [0.15, 0.2) is 102 Å². The molecule has 1 unspecified atom stereocenters. The highest BCUT2D eigenvalue weighted by Gasteiger charge is 2.45. The molecule has 10 heteroatoms. The number of ether oxygens (including phenoxy) is 1. The lowest BCUT2D eigenvalue weighted by Gasteiger charge is -2.32. The third-order valence-electron chi connectivity index (χ3n) is 7.58. The first kappa shape index (κ1) is 27.9. The van der Waals surface area contributed by atoms with E-state index in [-0.39, 0.29) is 34.6 Å². The van der Waals surface area contributed by atoms with E-state index in [2.05, 4.69) is 0 Å². The van der Waals surface area contributed by atoms with E-state index in [1.54, 1.807) is 54.4 Å². The molecule has 3 heterocycles. The number of carbonyl (C=O) groups is 2. The predicted molar refractivity (Wildman–Crippen MR) is 161 cm³/mol. The fraction of sp³-hybridized carbons (Fsp3) is 0.152. The second-order valence-electron chi connectivity index (χ2n) is 10.3. The lowest BCUT2D eigenvalue weighted by atomic mass is 9.86. The van der Waals surface area contributed by atoms with Crippen molar-refractivity contribution in [2.24, 2.45) is 0 Å². The number of aromatic nitrogens is 2. The van der Waals surface area contributed by atoms with Crippen LogP contribution in [0, 0.1) is 11.3 Å². The Morgan fingerprint density at radius 2 is 1.60 bits per heavy atom. The molecule has 0 bridgehead atoms. The summed E-state index contributed by atoms with van der Waals surface area (Å²) in [4.78, 5) is 28.9. The molecule has 4 aromatic rings. The van der Waals surface area contributed by atoms with Crippen molar-refractivity contribution in [2.45, 2.75) is 12.5 Å². The van der Waals surface area contributed by atoms with Gasteiger partial charge >= 0.3 is 0 Å². The van der Waals surface area contributed by atoms with Gasteiger partial charge in [-0.15, -0.1) is 0 Å². The summed E-state index contributed by atoms with van der Waals surface area (Å²) in [7, 11) is -1.84. The van der Waals surface area contributed by atoms with Crippen molar-refractivity contribution in [1.29, 1.82) is 5.26 Å². The topological polar surface area (TPSA) is 122 Å². The molecule has 0 aliphatic carbocycles. The Morgan fingerprint density at radius 3 is 2.21 bits per heavy atom. The molecule has 0 saturated carbocycles. The highest BCUT2D eigenvalue weighted by Crippen LogP contribution is 2.38. The zero-order chi connectivity index (χ0) is 30.1. The molecular formula is C33H26N4O5S. The van der Waals surface area contributed by atoms with Crippen LogP contribution in [0.3, 0.4) is 0 Å². The summed E-state index contributed by atoms with van der Waals surface area (Å²) in [6.07, 6.45) is 3.54. The van der Waals surface area contributed by atoms with Crippen LogP contribution < -0.4 is 4.74 Å². The number of hydrogen-bond donors (Lipinski definition) is 0. The smallest absolute Gasteiger partial charge is 0.272 e. The third-order valence-corrected chi connectivity index (χ3v) is 9.33. The lowest BCUT2D eigenvalue weighted by molar-refractivity contribution is -0.142. The van der Waals surface area contributed by atoms with Crippen molar-refractivity contribution in [3.05, 3.63) is 113 Å². The highest BCUT2D eigenvalue weighted by atomic mass is 32.2. The van der Waals surface area contributed by atoms with Crippen molar-refractivity contribution in [3.8, 4) is 28.8 Å². The number of para-hydroxylation sites is 1. The molecule has 2 aliphatic heterocycles. The molecule has 6 rings (SSSR count). The standard InChI is InChI=1S/C33H26N4O5S/c1-42-27-14-12-23(13-15-27)31-24(20-36(35-31)25-10-6-3-7-11-25)18-28-30(22-8-4-2-5-9-22)29(19-34)33(39)37(32(28)38)26-16-17-43(40,41)21-26/h2-15,18,20,26H,16-17,21H2,1H3/b28-18-. The van der Waals surface area contributed by atoms with Gasteiger partial charge in [-0.3, -0.25) is 14.5 Å². The Hall–Kier alpha value is -5.27. The van der Waals surface area contributed by atoms with Crippen LogP contribution in [0.25, 0.3) is 28.6 Å². The van der Waals surface area contributed by atoms with E-state index in [1.165, 1.54) is 0 Å². The first-order valence-electron chi connectivity index (χ1n) is 13.6. The Bertz CT molecular complexity index is 1940. The van der Waals surface area contributed by atoms with E-state index in [1.807, 2.05) is 60.7 Å². The van der Waals surface area contributed by atoms with E-state index in [4.69, 9.17) is 9.84 Å². The van der Waals surface area contributed by atoms with Gasteiger partial charge in [0.15, 0.2) is 9.84 Å². The molecule has 3 aromatic carbocycles. The molecule has 0 N–H and O–H groups in total. The van der Waals surface area contributed by atoms with Crippen molar-refractivity contribution in [3.63, 3.8) is 0 Å². The van der Waals surface area contributed by atoms with Crippen LogP contribution in [0.1, 0.15) is 17.5 Å². The fourth-order valence-electron chi connectivity index (χ4n) is 5.48. The molecule has 1 atom stereocenters. The van der Waals surface area contributed by atoms with Gasteiger partial charge in [0.05, 0.1) is 41.6 Å². The summed E-state index contributed by atoms with van der Waals surface area (Å²) in [6, 6.07) is 26.7. The quantitative estimate of drug-likeness (QED) is 0.240. The van der Waals surface area contributed by atoms with Crippen molar-refractivity contribution in [2.75, 3.05) is 18.6 Å². The van der Waals surface area contributed by atoms with E-state index in [0.717, 1.165) is 16.2 Å². The minimum absolute atomic E-state index is 0.106. The minimum Gasteiger partial charge on any atom is -0.497 e. The van der Waals surface area contributed by atoms with Gasteiger partial charge in [0.2, 0.25) is 0 Å². The number of imide groups is 1. The van der Waals surface area contributed by atoms with Crippen LogP contribution in [-0.4, -0.2) is 59.6 Å². The zero-order valence-corrected chi connectivity index (χ0v) is 24.0. The molecular weight excluding hydrogens is 564 g/mol. The molecule has 1 saturated heterocycles. The molecule has 9 nitrogen and oxygen atoms in total. The number of rotatable bonds is 6. The average Bonchev–Trinajstić information content (AvgIpc) is 3.62. The predicted octanol–water partition coefficient (Wildman–Crippen LogP) is 4.46. The Morgan fingerprint density at radius 1 is 0.930 bits per heavy atom. The summed E-state index contributed by atoms with van der Waals surface area (Å²) < 4.78 is 31.7. The first-order chi connectivity index (χ1) is 20.8. The lowest BCUT2D eigenvalue weighted by Crippen LogP contribution is -2.49. The van der Waals surface area contributed by atoms with Gasteiger partial charge < -0.3 is 4.74 Å². The Labute approximate surface area is 248 Å². The van der Waals surface area contributed by atoms with E-state index >= 15 is 0 Å². The van der Waals surface area contributed by atoms with Crippen molar-refractivity contribution in [1.82, 2.24) is 14.7 Å². The molecule has 2 amide bonds. The number of amides is 2. The SMILES string of the molecule is COc1ccc(-c2nn(-c3ccccc3)cc2/C=C2\C(=O)N(C3CCS(=O)(=O)C3)C(=O)C(C#N)=C2c2ccccc2)cc1. The fourth-order valence-corrected chi connectivity index (χ4v) is 7.18. The number of methoxy groups -OCH3 is 1. The van der Waals surface area contributed by atoms with E-state index < -0.39 is 27.7 Å². The van der Waals surface area contributed by atoms with Gasteiger partial charge in [-0.25, -0.2) is 13.1 Å². The second kappa shape index (κ2) is 11.2. The summed E-state index contributed by atoms with van der Waals surface area (Å²) in [5, 5.41) is 15.1. The minimum atomic E-state index is -3.42. The zero-order valence-electron chi connectivity index (χ0n) is 23.2. The van der Waals surface area contributed by atoms with Gasteiger partial charge in [0, 0.05) is 22.9 Å². The van der Waals surface area contributed by atoms with E-state index in [9.17, 15) is 23.3 Å². The number of benzene rings is 3. The molecule has 0 radical (unpaired) electrons. The number of hydrogen-bond acceptors (Lipinski definition) is 7. The third kappa shape index (κ3) is 5.27. The number of nitrogens with zero attached hydrogens (tertiary/aromatic N) is 4. The molecule has 1 fully saturated rings. The van der Waals surface area contributed by atoms with Crippen LogP contribution >= 0.6 is 0 Å². The number of nitriles is 1. The molecule has 2 aliphatic rings. The maximum Gasteiger partial charge on any atom is 0.272 e. The first-order valence-corrected chi connectivity index (χ1v) is 15.4. The van der Waals surface area contributed by atoms with Crippen LogP contribution in [0.2, 0.25) is 0 Å². The van der Waals surface area contributed by atoms with Gasteiger partial charge in [0.1, 0.15) is 17.4 Å². The van der Waals surface area contributed by atoms with Crippen LogP contribution in [0.4, 0.5) is 0 Å². The maximum atomic E-state index is 14.2. The highest BCUT2D eigenvalue weighted by molar-refractivity contribution is 7.91. The van der Waals surface area contributed by atoms with Crippen LogP contribution in [-0.2, 0) is 19.4 Å². The second-order valence-corrected chi connectivity index (χ2v) is 12.5. The maximum absolute atomic E-state index is 14.2. The van der Waals surface area contributed by atoms with Crippen molar-refractivity contribution < 1.29 is 22.7 Å². The van der Waals surface area contributed by atoms with Gasteiger partial charge in [-0.05, 0) is 54.5 Å². The normalized spacial score (nSPS) is 19.1. The molecule has 43 heavy (non-hydrogen) atoms. The monoisotopic (exact) mass is 590 g/mol. The summed E-state index contributed by atoms with van der Waals surface area (Å²) in [5.74, 6) is -1.24. The summed E-state index contributed by atoms with van der Waals surface area (Å²) >= 11 is 0. The Kier molecular flexibility index (Phi) is 7.26. The molecule has 1 aromatic heterocycles. The van der Waals surface area contributed by atoms with Crippen molar-refractivity contribution >= 4 is 33.3 Å². The Balaban J connectivity index is 1.59. The molecule has 214 valence electrons.